The van der Waals surface area contributed by atoms with Crippen LogP contribution in [0, 0.1) is 0 Å². The summed E-state index contributed by atoms with van der Waals surface area (Å²) >= 11 is 0. The Balaban J connectivity index is 2.83. The molecule has 1 aromatic rings. The van der Waals surface area contributed by atoms with E-state index in [0.29, 0.717) is 6.54 Å². The zero-order valence-electron chi connectivity index (χ0n) is 15.6. The Bertz CT molecular complexity index is 542. The molecule has 25 heavy (non-hydrogen) atoms. The van der Waals surface area contributed by atoms with Crippen molar-refractivity contribution >= 4 is 12.0 Å². The molecule has 2 amide bonds. The standard InChI is InChI=1S/C18H28N2O5/c1-18(2,3)25-17(22)19-15(12-23-4)16(21)20(13-24-5)11-14-9-7-6-8-10-14/h6-10,15H,11-13H2,1-5H3,(H,19,22). The zero-order chi connectivity index (χ0) is 18.9. The van der Waals surface area contributed by atoms with Gasteiger partial charge in [-0.05, 0) is 26.3 Å². The number of carbonyl (C=O) groups excluding carboxylic acids is 2. The van der Waals surface area contributed by atoms with Crippen LogP contribution in [0.5, 0.6) is 0 Å². The summed E-state index contributed by atoms with van der Waals surface area (Å²) in [4.78, 5) is 26.3. The van der Waals surface area contributed by atoms with Gasteiger partial charge in [-0.3, -0.25) is 4.79 Å². The van der Waals surface area contributed by atoms with Crippen molar-refractivity contribution in [1.29, 1.82) is 0 Å². The third-order valence-electron chi connectivity index (χ3n) is 3.14. The van der Waals surface area contributed by atoms with Gasteiger partial charge in [-0.2, -0.15) is 0 Å². The maximum atomic E-state index is 12.8. The zero-order valence-corrected chi connectivity index (χ0v) is 15.6. The lowest BCUT2D eigenvalue weighted by Crippen LogP contribution is -2.52. The predicted octanol–water partition coefficient (Wildman–Crippen LogP) is 2.16. The summed E-state index contributed by atoms with van der Waals surface area (Å²) < 4.78 is 15.4. The molecule has 7 nitrogen and oxygen atoms in total. The van der Waals surface area contributed by atoms with Gasteiger partial charge in [-0.15, -0.1) is 0 Å². The van der Waals surface area contributed by atoms with Crippen molar-refractivity contribution in [3.63, 3.8) is 0 Å². The first-order valence-corrected chi connectivity index (χ1v) is 8.07. The van der Waals surface area contributed by atoms with Crippen LogP contribution in [0.25, 0.3) is 0 Å². The van der Waals surface area contributed by atoms with Crippen molar-refractivity contribution < 1.29 is 23.8 Å². The lowest BCUT2D eigenvalue weighted by molar-refractivity contribution is -0.140. The first-order chi connectivity index (χ1) is 11.8. The van der Waals surface area contributed by atoms with Crippen molar-refractivity contribution in [3.8, 4) is 0 Å². The number of hydrogen-bond acceptors (Lipinski definition) is 5. The van der Waals surface area contributed by atoms with Crippen LogP contribution in [0.4, 0.5) is 4.79 Å². The molecule has 0 bridgehead atoms. The van der Waals surface area contributed by atoms with E-state index in [-0.39, 0.29) is 19.2 Å². The minimum Gasteiger partial charge on any atom is -0.444 e. The Hall–Kier alpha value is -2.12. The predicted molar refractivity (Wildman–Crippen MR) is 93.9 cm³/mol. The quantitative estimate of drug-likeness (QED) is 0.726. The van der Waals surface area contributed by atoms with Crippen LogP contribution in [0.2, 0.25) is 0 Å². The van der Waals surface area contributed by atoms with Gasteiger partial charge in [0.2, 0.25) is 5.91 Å². The maximum Gasteiger partial charge on any atom is 0.408 e. The van der Waals surface area contributed by atoms with Crippen LogP contribution in [0.15, 0.2) is 30.3 Å². The first kappa shape index (κ1) is 20.9. The number of hydrogen-bond donors (Lipinski definition) is 1. The minimum atomic E-state index is -0.862. The average molecular weight is 352 g/mol. The molecule has 0 aliphatic carbocycles. The largest absolute Gasteiger partial charge is 0.444 e. The van der Waals surface area contributed by atoms with Crippen molar-refractivity contribution in [3.05, 3.63) is 35.9 Å². The first-order valence-electron chi connectivity index (χ1n) is 8.07. The molecular weight excluding hydrogens is 324 g/mol. The summed E-state index contributed by atoms with van der Waals surface area (Å²) in [7, 11) is 2.98. The highest BCUT2D eigenvalue weighted by Gasteiger charge is 2.28. The fourth-order valence-corrected chi connectivity index (χ4v) is 2.16. The number of benzene rings is 1. The van der Waals surface area contributed by atoms with Crippen LogP contribution in [-0.2, 0) is 25.5 Å². The maximum absolute atomic E-state index is 12.8. The summed E-state index contributed by atoms with van der Waals surface area (Å²) in [5, 5.41) is 2.57. The topological polar surface area (TPSA) is 77.1 Å². The smallest absolute Gasteiger partial charge is 0.408 e. The van der Waals surface area contributed by atoms with Gasteiger partial charge >= 0.3 is 6.09 Å². The second-order valence-electron chi connectivity index (χ2n) is 6.59. The fourth-order valence-electron chi connectivity index (χ4n) is 2.16. The van der Waals surface area contributed by atoms with Crippen LogP contribution < -0.4 is 5.32 Å². The highest BCUT2D eigenvalue weighted by atomic mass is 16.6. The number of carbonyl (C=O) groups is 2. The molecule has 1 N–H and O–H groups in total. The number of nitrogens with one attached hydrogen (secondary N) is 1. The summed E-state index contributed by atoms with van der Waals surface area (Å²) in [6.45, 7) is 5.77. The highest BCUT2D eigenvalue weighted by Crippen LogP contribution is 2.09. The highest BCUT2D eigenvalue weighted by molar-refractivity contribution is 5.85. The Morgan fingerprint density at radius 2 is 1.76 bits per heavy atom. The fraction of sp³-hybridized carbons (Fsp3) is 0.556. The van der Waals surface area contributed by atoms with Gasteiger partial charge in [0.25, 0.3) is 0 Å². The summed E-state index contributed by atoms with van der Waals surface area (Å²) in [6, 6.07) is 8.68. The third kappa shape index (κ3) is 8.00. The van der Waals surface area contributed by atoms with Gasteiger partial charge in [-0.1, -0.05) is 30.3 Å². The van der Waals surface area contributed by atoms with E-state index >= 15 is 0 Å². The molecule has 140 valence electrons. The van der Waals surface area contributed by atoms with E-state index in [0.717, 1.165) is 5.56 Å². The van der Waals surface area contributed by atoms with E-state index in [1.54, 1.807) is 20.8 Å². The van der Waals surface area contributed by atoms with Crippen molar-refractivity contribution in [2.75, 3.05) is 27.6 Å². The second-order valence-corrected chi connectivity index (χ2v) is 6.59. The lowest BCUT2D eigenvalue weighted by atomic mass is 10.2. The number of amides is 2. The lowest BCUT2D eigenvalue weighted by Gasteiger charge is -2.28. The molecule has 0 fully saturated rings. The second kappa shape index (κ2) is 10.0. The number of nitrogens with zero attached hydrogens (tertiary/aromatic N) is 1. The van der Waals surface area contributed by atoms with Gasteiger partial charge in [0.05, 0.1) is 6.61 Å². The molecule has 1 rings (SSSR count). The number of rotatable bonds is 8. The summed E-state index contributed by atoms with van der Waals surface area (Å²) in [5.41, 5.74) is 0.308. The number of methoxy groups -OCH3 is 2. The Morgan fingerprint density at radius 1 is 1.12 bits per heavy atom. The van der Waals surface area contributed by atoms with Gasteiger partial charge in [-0.25, -0.2) is 4.79 Å². The van der Waals surface area contributed by atoms with Crippen LogP contribution in [0.3, 0.4) is 0 Å². The Kier molecular flexibility index (Phi) is 8.37. The van der Waals surface area contributed by atoms with Gasteiger partial charge in [0.15, 0.2) is 0 Å². The molecular formula is C18H28N2O5. The Morgan fingerprint density at radius 3 is 2.28 bits per heavy atom. The monoisotopic (exact) mass is 352 g/mol. The van der Waals surface area contributed by atoms with Gasteiger partial charge in [0.1, 0.15) is 18.4 Å². The molecule has 0 aliphatic heterocycles. The van der Waals surface area contributed by atoms with E-state index in [9.17, 15) is 9.59 Å². The molecule has 0 heterocycles. The molecule has 0 radical (unpaired) electrons. The SMILES string of the molecule is COCC(NC(=O)OC(C)(C)C)C(=O)N(COC)Cc1ccccc1. The molecule has 0 saturated carbocycles. The van der Waals surface area contributed by atoms with Crippen molar-refractivity contribution in [1.82, 2.24) is 10.2 Å². The third-order valence-corrected chi connectivity index (χ3v) is 3.14. The Labute approximate surface area is 149 Å². The van der Waals surface area contributed by atoms with E-state index in [1.807, 2.05) is 30.3 Å². The van der Waals surface area contributed by atoms with Crippen LogP contribution in [0.1, 0.15) is 26.3 Å². The summed E-state index contributed by atoms with van der Waals surface area (Å²) in [6.07, 6.45) is -0.667. The number of ether oxygens (including phenoxy) is 3. The molecule has 0 spiro atoms. The van der Waals surface area contributed by atoms with E-state index < -0.39 is 17.7 Å². The van der Waals surface area contributed by atoms with E-state index in [2.05, 4.69) is 5.32 Å². The average Bonchev–Trinajstić information content (AvgIpc) is 2.52. The van der Waals surface area contributed by atoms with Crippen molar-refractivity contribution in [2.45, 2.75) is 39.0 Å². The minimum absolute atomic E-state index is 0.0348. The van der Waals surface area contributed by atoms with E-state index in [1.165, 1.54) is 19.1 Å². The molecule has 1 aromatic carbocycles. The van der Waals surface area contributed by atoms with Crippen LogP contribution in [-0.4, -0.2) is 56.1 Å². The molecule has 1 unspecified atom stereocenters. The molecule has 7 heteroatoms. The van der Waals surface area contributed by atoms with Crippen LogP contribution >= 0.6 is 0 Å². The molecule has 0 aromatic heterocycles. The van der Waals surface area contributed by atoms with Gasteiger partial charge < -0.3 is 24.4 Å². The normalized spacial score (nSPS) is 12.4. The molecule has 0 aliphatic rings. The molecule has 0 saturated heterocycles. The molecule has 1 atom stereocenters. The van der Waals surface area contributed by atoms with E-state index in [4.69, 9.17) is 14.2 Å². The number of alkyl carbamates (subject to hydrolysis) is 1. The van der Waals surface area contributed by atoms with Crippen molar-refractivity contribution in [2.24, 2.45) is 0 Å². The summed E-state index contributed by atoms with van der Waals surface area (Å²) in [5.74, 6) is -0.307. The van der Waals surface area contributed by atoms with Gasteiger partial charge in [0, 0.05) is 20.8 Å².